The molecule has 0 bridgehead atoms. The minimum atomic E-state index is -1.19. The summed E-state index contributed by atoms with van der Waals surface area (Å²) >= 11 is 0. The Balaban J connectivity index is 1.73. The Morgan fingerprint density at radius 3 is 2.88 bits per heavy atom. The standard InChI is InChI=1S/C19H17NO5S/c1-26(23)13-6-5-11(16(21)8-13)7-14-18-15(20-19(14)22)3-2-4-17(18)25-10-12-9-24-12/h2-8,12,21H,9-10H2,1H3,(H,20,22). The lowest BCUT2D eigenvalue weighted by Crippen LogP contribution is -2.06. The summed E-state index contributed by atoms with van der Waals surface area (Å²) in [4.78, 5) is 13.0. The molecule has 2 aromatic carbocycles. The van der Waals surface area contributed by atoms with Gasteiger partial charge in [-0.25, -0.2) is 0 Å². The third-order valence-electron chi connectivity index (χ3n) is 4.25. The topological polar surface area (TPSA) is 88.2 Å². The number of nitrogens with one attached hydrogen (secondary N) is 1. The molecule has 2 N–H and O–H groups in total. The lowest BCUT2D eigenvalue weighted by Gasteiger charge is -2.10. The van der Waals surface area contributed by atoms with Crippen LogP contribution >= 0.6 is 0 Å². The number of phenols is 1. The fourth-order valence-electron chi connectivity index (χ4n) is 2.80. The average molecular weight is 371 g/mol. The van der Waals surface area contributed by atoms with E-state index >= 15 is 0 Å². The number of hydrogen-bond acceptors (Lipinski definition) is 5. The summed E-state index contributed by atoms with van der Waals surface area (Å²) in [7, 11) is -1.19. The number of rotatable bonds is 5. The maximum Gasteiger partial charge on any atom is 0.256 e. The SMILES string of the molecule is CS(=O)c1ccc(C=C2C(=O)Nc3cccc(OCC4CO4)c32)c(O)c1. The molecule has 7 heteroatoms. The molecule has 1 amide bonds. The second-order valence-electron chi connectivity index (χ2n) is 6.13. The molecule has 0 aliphatic carbocycles. The minimum Gasteiger partial charge on any atom is -0.507 e. The van der Waals surface area contributed by atoms with Crippen LogP contribution in [0.1, 0.15) is 11.1 Å². The number of anilines is 1. The van der Waals surface area contributed by atoms with Gasteiger partial charge < -0.3 is 19.9 Å². The van der Waals surface area contributed by atoms with Crippen molar-refractivity contribution in [2.24, 2.45) is 0 Å². The van der Waals surface area contributed by atoms with E-state index in [-0.39, 0.29) is 17.8 Å². The zero-order chi connectivity index (χ0) is 18.3. The third-order valence-corrected chi connectivity index (χ3v) is 5.17. The van der Waals surface area contributed by atoms with Crippen molar-refractivity contribution >= 4 is 34.0 Å². The fourth-order valence-corrected chi connectivity index (χ4v) is 3.34. The van der Waals surface area contributed by atoms with E-state index in [1.807, 2.05) is 6.07 Å². The normalized spacial score (nSPS) is 20.6. The van der Waals surface area contributed by atoms with Crippen molar-refractivity contribution in [1.29, 1.82) is 0 Å². The molecule has 4 rings (SSSR count). The van der Waals surface area contributed by atoms with Crippen LogP contribution in [-0.4, -0.2) is 40.8 Å². The fraction of sp³-hybridized carbons (Fsp3) is 0.211. The molecule has 134 valence electrons. The van der Waals surface area contributed by atoms with Crippen molar-refractivity contribution in [3.63, 3.8) is 0 Å². The molecule has 2 atom stereocenters. The van der Waals surface area contributed by atoms with E-state index in [4.69, 9.17) is 9.47 Å². The lowest BCUT2D eigenvalue weighted by molar-refractivity contribution is -0.110. The Morgan fingerprint density at radius 1 is 1.38 bits per heavy atom. The Hall–Kier alpha value is -2.64. The quantitative estimate of drug-likeness (QED) is 0.622. The van der Waals surface area contributed by atoms with Crippen LogP contribution in [0, 0.1) is 0 Å². The van der Waals surface area contributed by atoms with Crippen molar-refractivity contribution in [3.05, 3.63) is 47.5 Å². The van der Waals surface area contributed by atoms with Crippen molar-refractivity contribution in [2.75, 3.05) is 24.8 Å². The molecule has 1 saturated heterocycles. The number of hydrogen-bond donors (Lipinski definition) is 2. The molecule has 6 nitrogen and oxygen atoms in total. The number of fused-ring (bicyclic) bond motifs is 1. The zero-order valence-corrected chi connectivity index (χ0v) is 14.8. The van der Waals surface area contributed by atoms with Gasteiger partial charge in [-0.15, -0.1) is 0 Å². The van der Waals surface area contributed by atoms with Crippen LogP contribution < -0.4 is 10.1 Å². The highest BCUT2D eigenvalue weighted by molar-refractivity contribution is 7.84. The van der Waals surface area contributed by atoms with Crippen molar-refractivity contribution in [3.8, 4) is 11.5 Å². The number of aromatic hydroxyl groups is 1. The Bertz CT molecular complexity index is 949. The maximum atomic E-state index is 12.4. The highest BCUT2D eigenvalue weighted by Crippen LogP contribution is 2.40. The monoisotopic (exact) mass is 371 g/mol. The highest BCUT2D eigenvalue weighted by atomic mass is 32.2. The molecule has 0 saturated carbocycles. The molecule has 2 heterocycles. The number of phenolic OH excluding ortho intramolecular Hbond substituents is 1. The molecular weight excluding hydrogens is 354 g/mol. The molecule has 2 aliphatic heterocycles. The van der Waals surface area contributed by atoms with Gasteiger partial charge in [-0.3, -0.25) is 9.00 Å². The van der Waals surface area contributed by atoms with E-state index in [0.29, 0.717) is 46.2 Å². The summed E-state index contributed by atoms with van der Waals surface area (Å²) in [6, 6.07) is 10.2. The Morgan fingerprint density at radius 2 is 2.19 bits per heavy atom. The Kier molecular flexibility index (Phi) is 4.26. The van der Waals surface area contributed by atoms with Gasteiger partial charge in [0.2, 0.25) is 0 Å². The van der Waals surface area contributed by atoms with Gasteiger partial charge in [0.25, 0.3) is 5.91 Å². The molecule has 0 spiro atoms. The van der Waals surface area contributed by atoms with Crippen LogP contribution in [0.4, 0.5) is 5.69 Å². The average Bonchev–Trinajstić information content (AvgIpc) is 3.38. The number of carbonyl (C=O) groups excluding carboxylic acids is 1. The molecule has 26 heavy (non-hydrogen) atoms. The number of ether oxygens (including phenoxy) is 2. The number of carbonyl (C=O) groups is 1. The first-order valence-corrected chi connectivity index (χ1v) is 9.66. The van der Waals surface area contributed by atoms with E-state index in [1.165, 1.54) is 6.07 Å². The number of benzene rings is 2. The van der Waals surface area contributed by atoms with E-state index in [0.717, 1.165) is 0 Å². The second-order valence-corrected chi connectivity index (χ2v) is 7.51. The van der Waals surface area contributed by atoms with E-state index in [1.54, 1.807) is 36.6 Å². The van der Waals surface area contributed by atoms with Gasteiger partial charge >= 0.3 is 0 Å². The summed E-state index contributed by atoms with van der Waals surface area (Å²) in [5.41, 5.74) is 2.22. The largest absolute Gasteiger partial charge is 0.507 e. The van der Waals surface area contributed by atoms with E-state index < -0.39 is 10.8 Å². The van der Waals surface area contributed by atoms with Gasteiger partial charge in [-0.05, 0) is 30.3 Å². The molecule has 2 unspecified atom stereocenters. The van der Waals surface area contributed by atoms with Crippen LogP contribution in [-0.2, 0) is 20.3 Å². The van der Waals surface area contributed by atoms with Gasteiger partial charge in [0.05, 0.1) is 23.4 Å². The number of amides is 1. The molecule has 0 radical (unpaired) electrons. The summed E-state index contributed by atoms with van der Waals surface area (Å²) < 4.78 is 22.5. The predicted molar refractivity (Wildman–Crippen MR) is 98.6 cm³/mol. The molecule has 0 aromatic heterocycles. The second kappa shape index (κ2) is 6.59. The summed E-state index contributed by atoms with van der Waals surface area (Å²) in [6.07, 6.45) is 3.26. The van der Waals surface area contributed by atoms with Crippen LogP contribution in [0.25, 0.3) is 11.6 Å². The summed E-state index contributed by atoms with van der Waals surface area (Å²) in [6.45, 7) is 1.12. The van der Waals surface area contributed by atoms with Crippen LogP contribution in [0.2, 0.25) is 0 Å². The highest BCUT2D eigenvalue weighted by Gasteiger charge is 2.29. The predicted octanol–water partition coefficient (Wildman–Crippen LogP) is 2.40. The minimum absolute atomic E-state index is 0.0313. The zero-order valence-electron chi connectivity index (χ0n) is 14.0. The van der Waals surface area contributed by atoms with Gasteiger partial charge in [-0.1, -0.05) is 12.1 Å². The van der Waals surface area contributed by atoms with Crippen LogP contribution in [0.5, 0.6) is 11.5 Å². The van der Waals surface area contributed by atoms with Crippen molar-refractivity contribution in [1.82, 2.24) is 0 Å². The smallest absolute Gasteiger partial charge is 0.256 e. The first kappa shape index (κ1) is 16.8. The van der Waals surface area contributed by atoms with Crippen LogP contribution in [0.3, 0.4) is 0 Å². The Labute approximate surface area is 152 Å². The van der Waals surface area contributed by atoms with E-state index in [9.17, 15) is 14.1 Å². The van der Waals surface area contributed by atoms with E-state index in [2.05, 4.69) is 5.32 Å². The molecule has 2 aromatic rings. The molecule has 2 aliphatic rings. The van der Waals surface area contributed by atoms with Gasteiger partial charge in [-0.2, -0.15) is 0 Å². The van der Waals surface area contributed by atoms with Crippen molar-refractivity contribution in [2.45, 2.75) is 11.0 Å². The maximum absolute atomic E-state index is 12.4. The lowest BCUT2D eigenvalue weighted by atomic mass is 10.0. The van der Waals surface area contributed by atoms with Crippen LogP contribution in [0.15, 0.2) is 41.3 Å². The summed E-state index contributed by atoms with van der Waals surface area (Å²) in [5.74, 6) is 0.297. The molecular formula is C19H17NO5S. The van der Waals surface area contributed by atoms with Crippen molar-refractivity contribution < 1.29 is 23.6 Å². The first-order chi connectivity index (χ1) is 12.5. The molecule has 1 fully saturated rings. The summed E-state index contributed by atoms with van der Waals surface area (Å²) in [5, 5.41) is 13.0. The number of epoxide rings is 1. The van der Waals surface area contributed by atoms with Gasteiger partial charge in [0.15, 0.2) is 0 Å². The van der Waals surface area contributed by atoms with Gasteiger partial charge in [0, 0.05) is 27.5 Å². The third kappa shape index (κ3) is 3.23. The first-order valence-electron chi connectivity index (χ1n) is 8.10. The van der Waals surface area contributed by atoms with Gasteiger partial charge in [0.1, 0.15) is 24.2 Å².